The highest BCUT2D eigenvalue weighted by atomic mass is 31.2. The van der Waals surface area contributed by atoms with E-state index in [1.807, 2.05) is 21.1 Å². The van der Waals surface area contributed by atoms with Gasteiger partial charge < -0.3 is 18.9 Å². The number of likely N-dealkylation sites (N-methyl/N-ethyl adjacent to an activating group) is 1. The Labute approximate surface area is 415 Å². The summed E-state index contributed by atoms with van der Waals surface area (Å²) in [5, 5.41) is 0. The van der Waals surface area contributed by atoms with Gasteiger partial charge in [-0.15, -0.1) is 0 Å². The zero-order valence-electron chi connectivity index (χ0n) is 44.6. The monoisotopic (exact) mass is 963 g/mol. The maximum Gasteiger partial charge on any atom is 0.472 e. The van der Waals surface area contributed by atoms with Crippen LogP contribution in [-0.2, 0) is 27.9 Å². The summed E-state index contributed by atoms with van der Waals surface area (Å²) in [7, 11) is 1.66. The molecule has 0 aliphatic rings. The van der Waals surface area contributed by atoms with Crippen molar-refractivity contribution in [2.75, 3.05) is 54.1 Å². The van der Waals surface area contributed by atoms with E-state index in [0.29, 0.717) is 24.1 Å². The van der Waals surface area contributed by atoms with E-state index in [1.165, 1.54) is 173 Å². The van der Waals surface area contributed by atoms with E-state index >= 15 is 0 Å². The van der Waals surface area contributed by atoms with Crippen molar-refractivity contribution in [3.8, 4) is 0 Å². The molecule has 2 atom stereocenters. The number of phosphoric ester groups is 1. The van der Waals surface area contributed by atoms with Crippen LogP contribution in [-0.4, -0.2) is 75.6 Å². The van der Waals surface area contributed by atoms with Crippen LogP contribution in [0.5, 0.6) is 0 Å². The number of hydrogen-bond donors (Lipinski definition) is 1. The first-order valence-electron chi connectivity index (χ1n) is 28.0. The summed E-state index contributed by atoms with van der Waals surface area (Å²) in [5.74, 6) is -0.319. The Morgan fingerprint density at radius 2 is 0.821 bits per heavy atom. The van der Waals surface area contributed by atoms with Gasteiger partial charge >= 0.3 is 13.8 Å². The summed E-state index contributed by atoms with van der Waals surface area (Å²) in [6.07, 6.45) is 65.6. The molecule has 0 aromatic heterocycles. The number of nitrogens with zero attached hydrogens (tertiary/aromatic N) is 1. The van der Waals surface area contributed by atoms with Crippen molar-refractivity contribution in [3.63, 3.8) is 0 Å². The van der Waals surface area contributed by atoms with E-state index in [-0.39, 0.29) is 25.8 Å². The number of unbranched alkanes of at least 4 members (excludes halogenated alkanes) is 28. The molecule has 0 aromatic rings. The SMILES string of the molecule is CCCCCCC/C=C\C/C=C\C/C=C\CCCCCCCCCCCOCC(COP(=O)(O)OCC[N+](C)(C)C)OC(=O)CCCCCCCCCCC/C=C\C/C=C\CCCCCCC. The standard InChI is InChI=1S/C58H108NO7P/c1-6-8-10-12-14-16-18-20-22-24-26-28-29-30-32-34-36-38-40-42-44-46-48-50-53-63-55-57(56-65-67(61,62)64-54-52-59(3,4)5)66-58(60)51-49-47-45-43-41-39-37-35-33-31-27-25-23-21-19-17-15-13-11-9-7-2/h18-21,24-27,29-30,57H,6-17,22-23,28,31-56H2,1-5H3/p+1/b20-18-,21-19-,26-24-,27-25-,30-29-. The van der Waals surface area contributed by atoms with Crippen molar-refractivity contribution in [3.05, 3.63) is 60.8 Å². The van der Waals surface area contributed by atoms with Crippen molar-refractivity contribution >= 4 is 13.8 Å². The second kappa shape index (κ2) is 50.6. The summed E-state index contributed by atoms with van der Waals surface area (Å²) in [4.78, 5) is 23.1. The number of ether oxygens (including phenoxy) is 2. The highest BCUT2D eigenvalue weighted by molar-refractivity contribution is 7.47. The zero-order valence-corrected chi connectivity index (χ0v) is 45.5. The lowest BCUT2D eigenvalue weighted by atomic mass is 10.1. The van der Waals surface area contributed by atoms with Crippen molar-refractivity contribution in [2.24, 2.45) is 0 Å². The first kappa shape index (κ1) is 65.2. The van der Waals surface area contributed by atoms with Crippen LogP contribution in [0.15, 0.2) is 60.8 Å². The fourth-order valence-electron chi connectivity index (χ4n) is 7.71. The smallest absolute Gasteiger partial charge is 0.457 e. The number of phosphoric acid groups is 1. The number of hydrogen-bond acceptors (Lipinski definition) is 6. The number of carbonyl (C=O) groups is 1. The average molecular weight is 963 g/mol. The predicted molar refractivity (Wildman–Crippen MR) is 289 cm³/mol. The Morgan fingerprint density at radius 1 is 0.463 bits per heavy atom. The summed E-state index contributed by atoms with van der Waals surface area (Å²) in [5.41, 5.74) is 0. The second-order valence-corrected chi connectivity index (χ2v) is 21.4. The largest absolute Gasteiger partial charge is 0.472 e. The highest BCUT2D eigenvalue weighted by Gasteiger charge is 2.26. The lowest BCUT2D eigenvalue weighted by Gasteiger charge is -2.24. The fourth-order valence-corrected chi connectivity index (χ4v) is 8.45. The quantitative estimate of drug-likeness (QED) is 0.0213. The molecule has 392 valence electrons. The van der Waals surface area contributed by atoms with Gasteiger partial charge in [-0.05, 0) is 83.5 Å². The maximum absolute atomic E-state index is 12.8. The van der Waals surface area contributed by atoms with Crippen molar-refractivity contribution in [1.82, 2.24) is 0 Å². The third kappa shape index (κ3) is 55.0. The normalized spacial score (nSPS) is 13.9. The van der Waals surface area contributed by atoms with E-state index in [1.54, 1.807) is 0 Å². The number of carbonyl (C=O) groups excluding carboxylic acids is 1. The fraction of sp³-hybridized carbons (Fsp3) is 0.810. The maximum atomic E-state index is 12.8. The topological polar surface area (TPSA) is 91.3 Å². The average Bonchev–Trinajstić information content (AvgIpc) is 3.29. The van der Waals surface area contributed by atoms with Gasteiger partial charge in [-0.2, -0.15) is 0 Å². The van der Waals surface area contributed by atoms with Gasteiger partial charge in [-0.1, -0.05) is 216 Å². The Bertz CT molecular complexity index is 1260. The molecule has 0 amide bonds. The number of rotatable bonds is 52. The molecule has 0 rings (SSSR count). The Hall–Kier alpha value is -1.80. The van der Waals surface area contributed by atoms with Crippen LogP contribution in [0.25, 0.3) is 0 Å². The molecular weight excluding hydrogens is 854 g/mol. The first-order chi connectivity index (χ1) is 32.6. The molecule has 0 bridgehead atoms. The number of esters is 1. The molecular formula is C58H109NO7P+. The molecule has 67 heavy (non-hydrogen) atoms. The van der Waals surface area contributed by atoms with Crippen LogP contribution in [0.3, 0.4) is 0 Å². The van der Waals surface area contributed by atoms with E-state index in [0.717, 1.165) is 51.4 Å². The number of allylic oxidation sites excluding steroid dienone is 10. The van der Waals surface area contributed by atoms with Crippen LogP contribution in [0.2, 0.25) is 0 Å². The van der Waals surface area contributed by atoms with Crippen molar-refractivity contribution < 1.29 is 37.3 Å². The molecule has 9 heteroatoms. The van der Waals surface area contributed by atoms with Gasteiger partial charge in [0.15, 0.2) is 0 Å². The van der Waals surface area contributed by atoms with E-state index < -0.39 is 13.9 Å². The lowest BCUT2D eigenvalue weighted by molar-refractivity contribution is -0.870. The Balaban J connectivity index is 4.12. The molecule has 0 heterocycles. The number of quaternary nitrogens is 1. The third-order valence-corrected chi connectivity index (χ3v) is 13.0. The van der Waals surface area contributed by atoms with E-state index in [9.17, 15) is 14.3 Å². The van der Waals surface area contributed by atoms with Crippen LogP contribution in [0.4, 0.5) is 0 Å². The minimum atomic E-state index is -4.29. The molecule has 0 aliphatic heterocycles. The first-order valence-corrected chi connectivity index (χ1v) is 29.5. The summed E-state index contributed by atoms with van der Waals surface area (Å²) < 4.78 is 35.2. The Morgan fingerprint density at radius 3 is 1.22 bits per heavy atom. The minimum Gasteiger partial charge on any atom is -0.457 e. The predicted octanol–water partition coefficient (Wildman–Crippen LogP) is 17.6. The van der Waals surface area contributed by atoms with Gasteiger partial charge in [0.05, 0.1) is 34.4 Å². The molecule has 0 saturated heterocycles. The minimum absolute atomic E-state index is 0.0847. The van der Waals surface area contributed by atoms with Gasteiger partial charge in [0.25, 0.3) is 0 Å². The zero-order chi connectivity index (χ0) is 49.0. The van der Waals surface area contributed by atoms with Crippen LogP contribution in [0.1, 0.15) is 245 Å². The van der Waals surface area contributed by atoms with Gasteiger partial charge in [0.2, 0.25) is 0 Å². The molecule has 0 aliphatic carbocycles. The molecule has 0 fully saturated rings. The molecule has 0 aromatic carbocycles. The summed E-state index contributed by atoms with van der Waals surface area (Å²) in [6.45, 7) is 5.61. The molecule has 1 N–H and O–H groups in total. The van der Waals surface area contributed by atoms with Crippen LogP contribution in [0, 0.1) is 0 Å². The Kier molecular flexibility index (Phi) is 49.2. The van der Waals surface area contributed by atoms with E-state index in [4.69, 9.17) is 18.5 Å². The molecule has 8 nitrogen and oxygen atoms in total. The van der Waals surface area contributed by atoms with Gasteiger partial charge in [0.1, 0.15) is 19.3 Å². The summed E-state index contributed by atoms with van der Waals surface area (Å²) in [6, 6.07) is 0. The summed E-state index contributed by atoms with van der Waals surface area (Å²) >= 11 is 0. The van der Waals surface area contributed by atoms with Crippen LogP contribution < -0.4 is 0 Å². The van der Waals surface area contributed by atoms with Gasteiger partial charge in [0, 0.05) is 13.0 Å². The van der Waals surface area contributed by atoms with E-state index in [2.05, 4.69) is 74.6 Å². The molecule has 2 unspecified atom stereocenters. The molecule has 0 spiro atoms. The lowest BCUT2D eigenvalue weighted by Crippen LogP contribution is -2.37. The molecule has 0 radical (unpaired) electrons. The highest BCUT2D eigenvalue weighted by Crippen LogP contribution is 2.43. The third-order valence-electron chi connectivity index (χ3n) is 12.1. The van der Waals surface area contributed by atoms with Crippen molar-refractivity contribution in [1.29, 1.82) is 0 Å². The van der Waals surface area contributed by atoms with Crippen molar-refractivity contribution in [2.45, 2.75) is 251 Å². The second-order valence-electron chi connectivity index (χ2n) is 20.0. The van der Waals surface area contributed by atoms with Gasteiger partial charge in [-0.25, -0.2) is 4.57 Å². The van der Waals surface area contributed by atoms with Crippen LogP contribution >= 0.6 is 7.82 Å². The van der Waals surface area contributed by atoms with Gasteiger partial charge in [-0.3, -0.25) is 13.8 Å². The molecule has 0 saturated carbocycles.